The van der Waals surface area contributed by atoms with Gasteiger partial charge in [0.2, 0.25) is 0 Å². The van der Waals surface area contributed by atoms with Crippen LogP contribution in [0.3, 0.4) is 0 Å². The fraction of sp³-hybridized carbons (Fsp3) is 0.391. The molecule has 3 N–H and O–H groups in total. The first kappa shape index (κ1) is 21.6. The minimum absolute atomic E-state index is 0.141. The number of aromatic hydroxyl groups is 1. The van der Waals surface area contributed by atoms with Gasteiger partial charge >= 0.3 is 11.9 Å². The Morgan fingerprint density at radius 2 is 1.83 bits per heavy atom. The van der Waals surface area contributed by atoms with E-state index in [2.05, 4.69) is 10.6 Å². The van der Waals surface area contributed by atoms with Crippen LogP contribution >= 0.6 is 0 Å². The second-order valence-electron chi connectivity index (χ2n) is 7.52. The maximum Gasteiger partial charge on any atom is 0.397 e. The fourth-order valence-electron chi connectivity index (χ4n) is 3.31. The highest BCUT2D eigenvalue weighted by Crippen LogP contribution is 2.33. The van der Waals surface area contributed by atoms with Crippen LogP contribution in [0.2, 0.25) is 0 Å². The van der Waals surface area contributed by atoms with Crippen LogP contribution in [0, 0.1) is 13.8 Å². The van der Waals surface area contributed by atoms with E-state index in [4.69, 9.17) is 9.47 Å². The topological polar surface area (TPSA) is 96.9 Å². The fourth-order valence-corrected chi connectivity index (χ4v) is 3.31. The van der Waals surface area contributed by atoms with Gasteiger partial charge in [-0.2, -0.15) is 0 Å². The lowest BCUT2D eigenvalue weighted by Crippen LogP contribution is -2.34. The number of benzene rings is 2. The monoisotopic (exact) mass is 412 g/mol. The predicted octanol–water partition coefficient (Wildman–Crippen LogP) is 3.95. The molecular weight excluding hydrogens is 384 g/mol. The van der Waals surface area contributed by atoms with Crippen LogP contribution in [0.15, 0.2) is 30.3 Å². The summed E-state index contributed by atoms with van der Waals surface area (Å²) < 4.78 is 10.8. The Hall–Kier alpha value is -3.06. The van der Waals surface area contributed by atoms with E-state index in [1.54, 1.807) is 31.2 Å². The molecule has 0 radical (unpaired) electrons. The van der Waals surface area contributed by atoms with E-state index in [0.29, 0.717) is 29.8 Å². The van der Waals surface area contributed by atoms with Crippen molar-refractivity contribution in [2.75, 3.05) is 11.9 Å². The average molecular weight is 412 g/mol. The summed E-state index contributed by atoms with van der Waals surface area (Å²) in [5.74, 6) is -0.216. The van der Waals surface area contributed by atoms with Gasteiger partial charge in [-0.25, -0.2) is 4.79 Å². The Morgan fingerprint density at radius 1 is 1.13 bits per heavy atom. The number of aryl methyl sites for hydroxylation is 2. The number of rotatable bonds is 7. The molecule has 0 aromatic heterocycles. The highest BCUT2D eigenvalue weighted by molar-refractivity contribution is 6.37. The van der Waals surface area contributed by atoms with Crippen LogP contribution < -0.4 is 15.4 Å². The molecular formula is C23H28N2O5. The minimum Gasteiger partial charge on any atom is -0.508 e. The molecule has 1 fully saturated rings. The van der Waals surface area contributed by atoms with Gasteiger partial charge in [0.1, 0.15) is 17.2 Å². The zero-order valence-electron chi connectivity index (χ0n) is 17.6. The van der Waals surface area contributed by atoms with Gasteiger partial charge in [0.25, 0.3) is 0 Å². The first-order valence-electron chi connectivity index (χ1n) is 10.2. The van der Waals surface area contributed by atoms with Crippen molar-refractivity contribution in [2.24, 2.45) is 0 Å². The van der Waals surface area contributed by atoms with Crippen molar-refractivity contribution in [1.29, 1.82) is 0 Å². The summed E-state index contributed by atoms with van der Waals surface area (Å²) in [6, 6.07) is 9.17. The van der Waals surface area contributed by atoms with Crippen LogP contribution in [-0.4, -0.2) is 29.6 Å². The maximum absolute atomic E-state index is 11.9. The number of phenols is 1. The summed E-state index contributed by atoms with van der Waals surface area (Å²) in [6.45, 7) is 6.10. The Morgan fingerprint density at radius 3 is 2.43 bits per heavy atom. The van der Waals surface area contributed by atoms with Crippen molar-refractivity contribution in [3.63, 3.8) is 0 Å². The second-order valence-corrected chi connectivity index (χ2v) is 7.52. The molecule has 1 amide bonds. The van der Waals surface area contributed by atoms with Gasteiger partial charge in [0, 0.05) is 23.8 Å². The molecule has 1 aliphatic rings. The number of hydrogen-bond donors (Lipinski definition) is 3. The van der Waals surface area contributed by atoms with Gasteiger partial charge < -0.3 is 25.2 Å². The lowest BCUT2D eigenvalue weighted by molar-refractivity contribution is -0.152. The van der Waals surface area contributed by atoms with Gasteiger partial charge in [-0.3, -0.25) is 4.79 Å². The summed E-state index contributed by atoms with van der Waals surface area (Å²) in [4.78, 5) is 23.4. The number of phenolic OH excluding ortho intramolecular Hbond substituents is 1. The van der Waals surface area contributed by atoms with Gasteiger partial charge in [-0.1, -0.05) is 6.42 Å². The van der Waals surface area contributed by atoms with Crippen molar-refractivity contribution in [3.8, 4) is 17.2 Å². The van der Waals surface area contributed by atoms with E-state index >= 15 is 0 Å². The smallest absolute Gasteiger partial charge is 0.397 e. The number of esters is 1. The van der Waals surface area contributed by atoms with E-state index < -0.39 is 11.9 Å². The lowest BCUT2D eigenvalue weighted by atomic mass is 9.93. The third-order valence-electron chi connectivity index (χ3n) is 5.14. The maximum atomic E-state index is 11.9. The average Bonchev–Trinajstić information content (AvgIpc) is 2.65. The third-order valence-corrected chi connectivity index (χ3v) is 5.14. The first-order chi connectivity index (χ1) is 14.4. The zero-order valence-corrected chi connectivity index (χ0v) is 17.6. The summed E-state index contributed by atoms with van der Waals surface area (Å²) in [6.07, 6.45) is 3.60. The van der Waals surface area contributed by atoms with E-state index in [9.17, 15) is 14.7 Å². The molecule has 2 aromatic carbocycles. The molecule has 1 saturated carbocycles. The molecule has 160 valence electrons. The predicted molar refractivity (Wildman–Crippen MR) is 114 cm³/mol. The third kappa shape index (κ3) is 5.30. The summed E-state index contributed by atoms with van der Waals surface area (Å²) in [5.41, 5.74) is 2.88. The summed E-state index contributed by atoms with van der Waals surface area (Å²) in [5, 5.41) is 16.1. The molecule has 0 heterocycles. The van der Waals surface area contributed by atoms with Crippen molar-refractivity contribution in [1.82, 2.24) is 5.32 Å². The molecule has 7 heteroatoms. The molecule has 1 aliphatic carbocycles. The van der Waals surface area contributed by atoms with Gasteiger partial charge in [0.15, 0.2) is 0 Å². The molecule has 7 nitrogen and oxygen atoms in total. The largest absolute Gasteiger partial charge is 0.508 e. The molecule has 2 aromatic rings. The molecule has 3 rings (SSSR count). The van der Waals surface area contributed by atoms with Gasteiger partial charge in [-0.05, 0) is 75.1 Å². The molecule has 0 atom stereocenters. The second kappa shape index (κ2) is 9.63. The van der Waals surface area contributed by atoms with Gasteiger partial charge in [-0.15, -0.1) is 0 Å². The van der Waals surface area contributed by atoms with Crippen molar-refractivity contribution in [3.05, 3.63) is 47.0 Å². The molecule has 0 aliphatic heterocycles. The standard InChI is InChI=1S/C23H28N2O5/c1-4-29-23(28)22(27)25-18-10-14(2)21(15(3)11-18)30-19-8-9-20(26)16(12-19)13-24-17-6-5-7-17/h8-12,17,24,26H,4-7,13H2,1-3H3,(H,25,27). The van der Waals surface area contributed by atoms with Crippen LogP contribution in [0.5, 0.6) is 17.2 Å². The molecule has 0 saturated heterocycles. The quantitative estimate of drug-likeness (QED) is 0.471. The van der Waals surface area contributed by atoms with E-state index in [-0.39, 0.29) is 12.4 Å². The first-order valence-corrected chi connectivity index (χ1v) is 10.2. The summed E-state index contributed by atoms with van der Waals surface area (Å²) in [7, 11) is 0. The van der Waals surface area contributed by atoms with Crippen LogP contribution in [0.4, 0.5) is 5.69 Å². The number of ether oxygens (including phenoxy) is 2. The molecule has 0 bridgehead atoms. The molecule has 0 unspecified atom stereocenters. The Kier molecular flexibility index (Phi) is 6.95. The molecule has 30 heavy (non-hydrogen) atoms. The lowest BCUT2D eigenvalue weighted by Gasteiger charge is -2.26. The van der Waals surface area contributed by atoms with Crippen molar-refractivity contribution in [2.45, 2.75) is 52.6 Å². The van der Waals surface area contributed by atoms with Crippen molar-refractivity contribution >= 4 is 17.6 Å². The Labute approximate surface area is 176 Å². The number of hydrogen-bond acceptors (Lipinski definition) is 6. The van der Waals surface area contributed by atoms with Crippen molar-refractivity contribution < 1.29 is 24.2 Å². The van der Waals surface area contributed by atoms with Gasteiger partial charge in [0.05, 0.1) is 6.61 Å². The SMILES string of the molecule is CCOC(=O)C(=O)Nc1cc(C)c(Oc2ccc(O)c(CNC3CCC3)c2)c(C)c1. The van der Waals surface area contributed by atoms with Crippen LogP contribution in [0.1, 0.15) is 42.9 Å². The highest BCUT2D eigenvalue weighted by atomic mass is 16.5. The minimum atomic E-state index is -0.916. The Bertz CT molecular complexity index is 914. The van der Waals surface area contributed by atoms with Crippen LogP contribution in [-0.2, 0) is 20.9 Å². The number of carbonyl (C=O) groups is 2. The Balaban J connectivity index is 1.71. The van der Waals surface area contributed by atoms with Crippen LogP contribution in [0.25, 0.3) is 0 Å². The number of anilines is 1. The number of amides is 1. The normalized spacial score (nSPS) is 13.4. The number of carbonyl (C=O) groups excluding carboxylic acids is 2. The van der Waals surface area contributed by atoms with E-state index in [1.807, 2.05) is 19.9 Å². The van der Waals surface area contributed by atoms with E-state index in [1.165, 1.54) is 19.3 Å². The van der Waals surface area contributed by atoms with E-state index in [0.717, 1.165) is 16.7 Å². The highest BCUT2D eigenvalue weighted by Gasteiger charge is 2.18. The summed E-state index contributed by atoms with van der Waals surface area (Å²) >= 11 is 0. The number of nitrogens with one attached hydrogen (secondary N) is 2. The molecule has 0 spiro atoms. The zero-order chi connectivity index (χ0) is 21.7.